The van der Waals surface area contributed by atoms with Crippen molar-refractivity contribution in [3.8, 4) is 72.4 Å². The molecule has 310 valence electrons. The lowest BCUT2D eigenvalue weighted by atomic mass is 9.81. The predicted molar refractivity (Wildman–Crippen MR) is 281 cm³/mol. The molecular formula is C65H45N. The second-order valence-electron chi connectivity index (χ2n) is 18.5. The Morgan fingerprint density at radius 1 is 0.273 bits per heavy atom. The third-order valence-electron chi connectivity index (χ3n) is 14.4. The summed E-state index contributed by atoms with van der Waals surface area (Å²) in [7, 11) is 0. The van der Waals surface area contributed by atoms with Crippen LogP contribution in [0.5, 0.6) is 0 Å². The molecule has 0 unspecified atom stereocenters. The van der Waals surface area contributed by atoms with Crippen molar-refractivity contribution in [1.29, 1.82) is 0 Å². The van der Waals surface area contributed by atoms with Crippen LogP contribution in [0.25, 0.3) is 116 Å². The summed E-state index contributed by atoms with van der Waals surface area (Å²) >= 11 is 0. The molecule has 11 aromatic carbocycles. The molecule has 0 fully saturated rings. The Morgan fingerprint density at radius 3 is 1.27 bits per heavy atom. The van der Waals surface area contributed by atoms with Crippen molar-refractivity contribution < 1.29 is 0 Å². The Bertz CT molecular complexity index is 3710. The Labute approximate surface area is 385 Å². The van der Waals surface area contributed by atoms with Gasteiger partial charge < -0.3 is 4.57 Å². The molecule has 0 bridgehead atoms. The highest BCUT2D eigenvalue weighted by molar-refractivity contribution is 6.14. The fourth-order valence-corrected chi connectivity index (χ4v) is 11.0. The van der Waals surface area contributed by atoms with E-state index >= 15 is 0 Å². The molecule has 0 atom stereocenters. The van der Waals surface area contributed by atoms with Crippen molar-refractivity contribution in [2.24, 2.45) is 0 Å². The van der Waals surface area contributed by atoms with E-state index in [0.29, 0.717) is 0 Å². The van der Waals surface area contributed by atoms with E-state index in [-0.39, 0.29) is 5.41 Å². The summed E-state index contributed by atoms with van der Waals surface area (Å²) in [5.41, 5.74) is 21.0. The number of fused-ring (bicyclic) bond motifs is 9. The summed E-state index contributed by atoms with van der Waals surface area (Å²) < 4.78 is 2.49. The fourth-order valence-electron chi connectivity index (χ4n) is 11.0. The SMILES string of the molecule is CC1(C)c2cc(-c3cc4ccccc4c4ccccc34)ccc2-c2ccc(-n3c4ccc(-c5ccc(-c6ccccc6)cc5)cc4c4cc(-c5ccc(-c6ccccc6)cc5)ccc43)cc21. The molecular weight excluding hydrogens is 795 g/mol. The van der Waals surface area contributed by atoms with E-state index in [1.165, 1.54) is 127 Å². The third kappa shape index (κ3) is 6.08. The van der Waals surface area contributed by atoms with Crippen molar-refractivity contribution in [1.82, 2.24) is 4.57 Å². The van der Waals surface area contributed by atoms with Crippen LogP contribution in [-0.4, -0.2) is 4.57 Å². The van der Waals surface area contributed by atoms with E-state index in [1.807, 2.05) is 0 Å². The topological polar surface area (TPSA) is 4.93 Å². The lowest BCUT2D eigenvalue weighted by Gasteiger charge is -2.23. The van der Waals surface area contributed by atoms with Gasteiger partial charge in [0.2, 0.25) is 0 Å². The van der Waals surface area contributed by atoms with Gasteiger partial charge >= 0.3 is 0 Å². The van der Waals surface area contributed by atoms with Gasteiger partial charge in [-0.15, -0.1) is 0 Å². The van der Waals surface area contributed by atoms with Gasteiger partial charge in [0.1, 0.15) is 0 Å². The van der Waals surface area contributed by atoms with Crippen molar-refractivity contribution in [3.05, 3.63) is 248 Å². The Morgan fingerprint density at radius 2 is 0.697 bits per heavy atom. The highest BCUT2D eigenvalue weighted by Gasteiger charge is 2.36. The molecule has 1 aromatic heterocycles. The Kier molecular flexibility index (Phi) is 8.63. The second kappa shape index (κ2) is 14.9. The maximum absolute atomic E-state index is 2.49. The molecule has 0 radical (unpaired) electrons. The van der Waals surface area contributed by atoms with Gasteiger partial charge in [-0.05, 0) is 148 Å². The van der Waals surface area contributed by atoms with Crippen LogP contribution in [-0.2, 0) is 5.41 Å². The van der Waals surface area contributed by atoms with Crippen LogP contribution in [0.1, 0.15) is 25.0 Å². The highest BCUT2D eigenvalue weighted by atomic mass is 15.0. The van der Waals surface area contributed by atoms with E-state index in [0.717, 1.165) is 0 Å². The van der Waals surface area contributed by atoms with Gasteiger partial charge in [-0.25, -0.2) is 0 Å². The summed E-state index contributed by atoms with van der Waals surface area (Å²) in [4.78, 5) is 0. The maximum Gasteiger partial charge on any atom is 0.0541 e. The molecule has 1 aliphatic carbocycles. The van der Waals surface area contributed by atoms with Gasteiger partial charge in [0.25, 0.3) is 0 Å². The average molecular weight is 840 g/mol. The minimum Gasteiger partial charge on any atom is -0.309 e. The molecule has 1 nitrogen and oxygen atoms in total. The minimum atomic E-state index is -0.208. The molecule has 0 saturated carbocycles. The van der Waals surface area contributed by atoms with Crippen LogP contribution in [0.2, 0.25) is 0 Å². The molecule has 0 spiro atoms. The number of rotatable bonds is 6. The molecule has 1 aliphatic rings. The summed E-state index contributed by atoms with van der Waals surface area (Å²) in [6, 6.07) is 87.6. The first-order valence-corrected chi connectivity index (χ1v) is 23.1. The molecule has 66 heavy (non-hydrogen) atoms. The number of nitrogens with zero attached hydrogens (tertiary/aromatic N) is 1. The standard InChI is InChI=1S/C65H45N/c1-65(2)61-40-51(58-39-50-17-9-10-18-53(50)54-19-11-12-20-55(54)58)29-33-56(61)57-34-32-52(41-62(57)65)66-63-35-30-48(46-25-21-44(22-26-46)42-13-5-3-6-14-42)37-59(63)60-38-49(31-36-64(60)66)47-27-23-45(24-28-47)43-15-7-4-8-16-43/h3-41H,1-2H3. The highest BCUT2D eigenvalue weighted by Crippen LogP contribution is 2.51. The molecule has 0 amide bonds. The van der Waals surface area contributed by atoms with Crippen molar-refractivity contribution in [2.75, 3.05) is 0 Å². The monoisotopic (exact) mass is 839 g/mol. The molecule has 0 N–H and O–H groups in total. The van der Waals surface area contributed by atoms with Gasteiger partial charge in [0.05, 0.1) is 11.0 Å². The zero-order chi connectivity index (χ0) is 43.9. The largest absolute Gasteiger partial charge is 0.309 e. The fraction of sp³-hybridized carbons (Fsp3) is 0.0462. The molecule has 1 heteroatoms. The van der Waals surface area contributed by atoms with Gasteiger partial charge in [-0.1, -0.05) is 202 Å². The van der Waals surface area contributed by atoms with Crippen LogP contribution in [0.4, 0.5) is 0 Å². The first-order valence-electron chi connectivity index (χ1n) is 23.1. The van der Waals surface area contributed by atoms with Gasteiger partial charge in [-0.3, -0.25) is 0 Å². The van der Waals surface area contributed by atoms with Crippen LogP contribution in [0.15, 0.2) is 237 Å². The van der Waals surface area contributed by atoms with E-state index in [2.05, 4.69) is 255 Å². The van der Waals surface area contributed by atoms with Crippen LogP contribution in [0, 0.1) is 0 Å². The zero-order valence-corrected chi connectivity index (χ0v) is 37.0. The van der Waals surface area contributed by atoms with E-state index in [9.17, 15) is 0 Å². The summed E-state index contributed by atoms with van der Waals surface area (Å²) in [6.45, 7) is 4.81. The quantitative estimate of drug-likeness (QED) is 0.147. The van der Waals surface area contributed by atoms with Crippen LogP contribution >= 0.6 is 0 Å². The summed E-state index contributed by atoms with van der Waals surface area (Å²) in [5, 5.41) is 7.64. The normalized spacial score (nSPS) is 12.8. The molecule has 1 heterocycles. The van der Waals surface area contributed by atoms with Gasteiger partial charge in [-0.2, -0.15) is 0 Å². The maximum atomic E-state index is 2.49. The van der Waals surface area contributed by atoms with Crippen molar-refractivity contribution in [3.63, 3.8) is 0 Å². The summed E-state index contributed by atoms with van der Waals surface area (Å²) in [6.07, 6.45) is 0. The third-order valence-corrected chi connectivity index (χ3v) is 14.4. The van der Waals surface area contributed by atoms with E-state index < -0.39 is 0 Å². The molecule has 0 aliphatic heterocycles. The summed E-state index contributed by atoms with van der Waals surface area (Å²) in [5.74, 6) is 0. The lowest BCUT2D eigenvalue weighted by molar-refractivity contribution is 0.660. The minimum absolute atomic E-state index is 0.208. The van der Waals surface area contributed by atoms with Crippen LogP contribution in [0.3, 0.4) is 0 Å². The van der Waals surface area contributed by atoms with Crippen molar-refractivity contribution >= 4 is 43.4 Å². The van der Waals surface area contributed by atoms with Gasteiger partial charge in [0.15, 0.2) is 0 Å². The second-order valence-corrected chi connectivity index (χ2v) is 18.5. The van der Waals surface area contributed by atoms with Gasteiger partial charge in [0, 0.05) is 21.9 Å². The number of aromatic nitrogens is 1. The van der Waals surface area contributed by atoms with E-state index in [1.54, 1.807) is 0 Å². The molecule has 0 saturated heterocycles. The first kappa shape index (κ1) is 38.2. The number of benzene rings is 11. The smallest absolute Gasteiger partial charge is 0.0541 e. The van der Waals surface area contributed by atoms with E-state index in [4.69, 9.17) is 0 Å². The molecule has 12 aromatic rings. The first-order chi connectivity index (χ1) is 32.5. The molecule has 13 rings (SSSR count). The Balaban J connectivity index is 0.935. The van der Waals surface area contributed by atoms with Crippen molar-refractivity contribution in [2.45, 2.75) is 19.3 Å². The zero-order valence-electron chi connectivity index (χ0n) is 37.0. The van der Waals surface area contributed by atoms with Crippen LogP contribution < -0.4 is 0 Å². The average Bonchev–Trinajstić information content (AvgIpc) is 3.83. The predicted octanol–water partition coefficient (Wildman–Crippen LogP) is 17.7. The number of hydrogen-bond donors (Lipinski definition) is 0. The number of hydrogen-bond acceptors (Lipinski definition) is 0. The Hall–Kier alpha value is -8.26. The lowest BCUT2D eigenvalue weighted by Crippen LogP contribution is -2.15.